The first-order valence-corrected chi connectivity index (χ1v) is 11.4. The van der Waals surface area contributed by atoms with Crippen LogP contribution in [-0.4, -0.2) is 15.5 Å². The van der Waals surface area contributed by atoms with Gasteiger partial charge in [0.25, 0.3) is 5.56 Å². The van der Waals surface area contributed by atoms with Crippen LogP contribution in [0.15, 0.2) is 40.5 Å². The number of fused-ring (bicyclic) bond motifs is 1. The van der Waals surface area contributed by atoms with Gasteiger partial charge >= 0.3 is 0 Å². The largest absolute Gasteiger partial charge is 0.352 e. The Labute approximate surface area is 182 Å². The van der Waals surface area contributed by atoms with Gasteiger partial charge in [-0.3, -0.25) is 14.2 Å². The molecule has 152 valence electrons. The minimum absolute atomic E-state index is 0.0137. The first-order chi connectivity index (χ1) is 14.0. The molecule has 4 rings (SSSR count). The van der Waals surface area contributed by atoms with Crippen molar-refractivity contribution in [1.82, 2.24) is 14.9 Å². The Bertz CT molecular complexity index is 1140. The van der Waals surface area contributed by atoms with E-state index in [1.165, 1.54) is 11.3 Å². The molecule has 2 heterocycles. The Morgan fingerprint density at radius 3 is 2.76 bits per heavy atom. The van der Waals surface area contributed by atoms with Gasteiger partial charge in [0.05, 0.1) is 5.52 Å². The van der Waals surface area contributed by atoms with Crippen molar-refractivity contribution >= 4 is 51.3 Å². The Hall–Kier alpha value is -1.96. The van der Waals surface area contributed by atoms with Crippen molar-refractivity contribution in [2.45, 2.75) is 38.8 Å². The summed E-state index contributed by atoms with van der Waals surface area (Å²) in [5.74, 6) is 0.449. The van der Waals surface area contributed by atoms with Crippen LogP contribution >= 0.6 is 35.2 Å². The van der Waals surface area contributed by atoms with E-state index in [0.717, 1.165) is 36.8 Å². The van der Waals surface area contributed by atoms with Gasteiger partial charge in [-0.1, -0.05) is 29.8 Å². The summed E-state index contributed by atoms with van der Waals surface area (Å²) in [6, 6.07) is 9.43. The Morgan fingerprint density at radius 2 is 2.00 bits per heavy atom. The molecule has 8 heteroatoms. The standard InChI is InChI=1S/C21H22ClN3O2S2/c22-16-4-2-1-3-15(16)11-23-19(26)14-7-5-13(6-8-14)12-25-20(27)18-17(9-10-29-18)24-21(25)28/h1-4,9-10,13-14H,5-8,11-12H2,(H,23,26)(H,24,28). The molecule has 0 spiro atoms. The monoisotopic (exact) mass is 447 g/mol. The fourth-order valence-corrected chi connectivity index (χ4v) is 5.24. The van der Waals surface area contributed by atoms with Gasteiger partial charge in [-0.05, 0) is 66.9 Å². The lowest BCUT2D eigenvalue weighted by molar-refractivity contribution is -0.126. The van der Waals surface area contributed by atoms with E-state index < -0.39 is 0 Å². The van der Waals surface area contributed by atoms with Crippen LogP contribution < -0.4 is 10.9 Å². The van der Waals surface area contributed by atoms with Crippen LogP contribution in [0.2, 0.25) is 5.02 Å². The Kier molecular flexibility index (Phi) is 6.18. The van der Waals surface area contributed by atoms with E-state index in [9.17, 15) is 9.59 Å². The van der Waals surface area contributed by atoms with Gasteiger partial charge in [0.15, 0.2) is 4.77 Å². The van der Waals surface area contributed by atoms with Crippen molar-refractivity contribution in [1.29, 1.82) is 0 Å². The number of hydrogen-bond acceptors (Lipinski definition) is 4. The fraction of sp³-hybridized carbons (Fsp3) is 0.381. The second-order valence-corrected chi connectivity index (χ2v) is 9.25. The third kappa shape index (κ3) is 4.47. The average Bonchev–Trinajstić information content (AvgIpc) is 3.19. The van der Waals surface area contributed by atoms with Crippen molar-refractivity contribution in [2.75, 3.05) is 0 Å². The van der Waals surface area contributed by atoms with Crippen molar-refractivity contribution < 1.29 is 4.79 Å². The van der Waals surface area contributed by atoms with E-state index in [1.807, 2.05) is 35.7 Å². The molecule has 0 saturated heterocycles. The van der Waals surface area contributed by atoms with Crippen LogP contribution in [0.4, 0.5) is 0 Å². The van der Waals surface area contributed by atoms with E-state index in [1.54, 1.807) is 4.57 Å². The lowest BCUT2D eigenvalue weighted by atomic mass is 9.81. The highest BCUT2D eigenvalue weighted by Crippen LogP contribution is 2.30. The first kappa shape index (κ1) is 20.3. The Balaban J connectivity index is 1.34. The molecular weight excluding hydrogens is 426 g/mol. The number of aromatic amines is 1. The van der Waals surface area contributed by atoms with Gasteiger partial charge in [0, 0.05) is 24.0 Å². The molecule has 0 bridgehead atoms. The number of hydrogen-bond donors (Lipinski definition) is 2. The number of carbonyl (C=O) groups excluding carboxylic acids is 1. The number of carbonyl (C=O) groups is 1. The number of H-pyrrole nitrogens is 1. The minimum Gasteiger partial charge on any atom is -0.352 e. The predicted molar refractivity (Wildman–Crippen MR) is 120 cm³/mol. The molecule has 2 aromatic heterocycles. The summed E-state index contributed by atoms with van der Waals surface area (Å²) in [5.41, 5.74) is 1.72. The molecule has 1 aliphatic carbocycles. The maximum absolute atomic E-state index is 12.7. The van der Waals surface area contributed by atoms with Crippen molar-refractivity contribution in [2.24, 2.45) is 11.8 Å². The molecule has 1 saturated carbocycles. The molecule has 0 aliphatic heterocycles. The second-order valence-electron chi connectivity index (χ2n) is 7.54. The topological polar surface area (TPSA) is 66.9 Å². The summed E-state index contributed by atoms with van der Waals surface area (Å²) >= 11 is 13.0. The van der Waals surface area contributed by atoms with E-state index >= 15 is 0 Å². The zero-order valence-corrected chi connectivity index (χ0v) is 18.2. The van der Waals surface area contributed by atoms with Gasteiger partial charge in [0.2, 0.25) is 5.91 Å². The predicted octanol–water partition coefficient (Wildman–Crippen LogP) is 4.90. The molecule has 1 amide bonds. The normalized spacial score (nSPS) is 19.3. The van der Waals surface area contributed by atoms with Crippen molar-refractivity contribution in [3.8, 4) is 0 Å². The van der Waals surface area contributed by atoms with Gasteiger partial charge in [0.1, 0.15) is 4.70 Å². The maximum Gasteiger partial charge on any atom is 0.272 e. The fourth-order valence-electron chi connectivity index (χ4n) is 3.97. The number of thiophene rings is 1. The van der Waals surface area contributed by atoms with E-state index in [-0.39, 0.29) is 17.4 Å². The average molecular weight is 448 g/mol. The van der Waals surface area contributed by atoms with Crippen LogP contribution in [0.5, 0.6) is 0 Å². The molecule has 5 nitrogen and oxygen atoms in total. The summed E-state index contributed by atoms with van der Waals surface area (Å²) < 4.78 is 2.86. The molecule has 1 aromatic carbocycles. The quantitative estimate of drug-likeness (QED) is 0.547. The summed E-state index contributed by atoms with van der Waals surface area (Å²) in [7, 11) is 0. The third-order valence-electron chi connectivity index (χ3n) is 5.66. The zero-order chi connectivity index (χ0) is 20.4. The first-order valence-electron chi connectivity index (χ1n) is 9.74. The summed E-state index contributed by atoms with van der Waals surface area (Å²) in [5, 5.41) is 5.58. The number of benzene rings is 1. The van der Waals surface area contributed by atoms with Crippen LogP contribution in [0.3, 0.4) is 0 Å². The Morgan fingerprint density at radius 1 is 1.24 bits per heavy atom. The van der Waals surface area contributed by atoms with Gasteiger partial charge < -0.3 is 10.3 Å². The van der Waals surface area contributed by atoms with Crippen molar-refractivity contribution in [3.05, 3.63) is 61.4 Å². The molecule has 0 radical (unpaired) electrons. The highest BCUT2D eigenvalue weighted by atomic mass is 35.5. The van der Waals surface area contributed by atoms with Crippen molar-refractivity contribution in [3.63, 3.8) is 0 Å². The number of amides is 1. The highest BCUT2D eigenvalue weighted by molar-refractivity contribution is 7.71. The number of aromatic nitrogens is 2. The molecule has 0 unspecified atom stereocenters. The summed E-state index contributed by atoms with van der Waals surface area (Å²) in [6.45, 7) is 1.06. The highest BCUT2D eigenvalue weighted by Gasteiger charge is 2.27. The van der Waals surface area contributed by atoms with Crippen LogP contribution in [0.1, 0.15) is 31.2 Å². The number of halogens is 1. The lowest BCUT2D eigenvalue weighted by Gasteiger charge is -2.28. The lowest BCUT2D eigenvalue weighted by Crippen LogP contribution is -2.34. The number of rotatable bonds is 5. The van der Waals surface area contributed by atoms with Crippen LogP contribution in [0, 0.1) is 16.6 Å². The van der Waals surface area contributed by atoms with Crippen LogP contribution in [0.25, 0.3) is 10.2 Å². The molecular formula is C21H22ClN3O2S2. The van der Waals surface area contributed by atoms with Gasteiger partial charge in [-0.25, -0.2) is 0 Å². The molecule has 29 heavy (non-hydrogen) atoms. The molecule has 1 fully saturated rings. The number of nitrogens with one attached hydrogen (secondary N) is 2. The van der Waals surface area contributed by atoms with Gasteiger partial charge in [-0.15, -0.1) is 11.3 Å². The second kappa shape index (κ2) is 8.81. The van der Waals surface area contributed by atoms with Gasteiger partial charge in [-0.2, -0.15) is 0 Å². The van der Waals surface area contributed by atoms with E-state index in [4.69, 9.17) is 23.8 Å². The van der Waals surface area contributed by atoms with Crippen LogP contribution in [-0.2, 0) is 17.9 Å². The molecule has 2 N–H and O–H groups in total. The smallest absolute Gasteiger partial charge is 0.272 e. The SMILES string of the molecule is O=C(NCc1ccccc1Cl)C1CCC(Cn2c(=S)[nH]c3ccsc3c2=O)CC1. The molecule has 3 aromatic rings. The zero-order valence-electron chi connectivity index (χ0n) is 15.8. The minimum atomic E-state index is -0.0154. The molecule has 1 aliphatic rings. The third-order valence-corrected chi connectivity index (χ3v) is 7.25. The molecule has 0 atom stereocenters. The van der Waals surface area contributed by atoms with E-state index in [2.05, 4.69) is 10.3 Å². The summed E-state index contributed by atoms with van der Waals surface area (Å²) in [4.78, 5) is 28.4. The number of nitrogens with zero attached hydrogens (tertiary/aromatic N) is 1. The van der Waals surface area contributed by atoms with E-state index in [0.29, 0.717) is 33.5 Å². The summed E-state index contributed by atoms with van der Waals surface area (Å²) in [6.07, 6.45) is 3.47. The maximum atomic E-state index is 12.7.